The molecule has 0 unspecified atom stereocenters. The number of fused-ring (bicyclic) bond motifs is 11. The van der Waals surface area contributed by atoms with Crippen LogP contribution in [-0.2, 0) is 0 Å². The summed E-state index contributed by atoms with van der Waals surface area (Å²) < 4.78 is 6.91. The van der Waals surface area contributed by atoms with Crippen molar-refractivity contribution < 1.29 is 4.42 Å². The Labute approximate surface area is 341 Å². The normalized spacial score (nSPS) is 11.7. The summed E-state index contributed by atoms with van der Waals surface area (Å²) in [5, 5.41) is 14.2. The highest BCUT2D eigenvalue weighted by Crippen LogP contribution is 2.49. The van der Waals surface area contributed by atoms with E-state index in [-0.39, 0.29) is 0 Å². The molecule has 1 heterocycles. The largest absolute Gasteiger partial charge is 0.456 e. The van der Waals surface area contributed by atoms with Gasteiger partial charge in [-0.3, -0.25) is 0 Å². The number of hydrogen-bond acceptors (Lipinski definition) is 3. The molecule has 0 N–H and O–H groups in total. The van der Waals surface area contributed by atoms with E-state index in [0.717, 1.165) is 66.8 Å². The van der Waals surface area contributed by atoms with Crippen LogP contribution in [0.25, 0.3) is 75.8 Å². The molecule has 59 heavy (non-hydrogen) atoms. The van der Waals surface area contributed by atoms with Crippen molar-refractivity contribution in [2.24, 2.45) is 0 Å². The molecular weight excluding hydrogens is 717 g/mol. The number of para-hydroxylation sites is 2. The standard InChI is InChI=1S/C56H36N2O/c1-3-19-39(20-4-1)57(51-33-37-17-7-9-23-42(37)44-25-11-13-27-46(44)51)41-31-32-54-50(35-41)56-49-30-16-15-29-48(49)53(36-55(56)59-54)58(40-21-5-2-6-22-40)52-34-38-18-8-10-24-43(38)45-26-12-14-28-47(45)52/h1-36H. The topological polar surface area (TPSA) is 19.6 Å². The van der Waals surface area contributed by atoms with Crippen LogP contribution in [0.5, 0.6) is 0 Å². The van der Waals surface area contributed by atoms with E-state index in [1.807, 2.05) is 0 Å². The lowest BCUT2D eigenvalue weighted by molar-refractivity contribution is 0.669. The third kappa shape index (κ3) is 5.29. The maximum atomic E-state index is 6.91. The molecule has 12 rings (SSSR count). The lowest BCUT2D eigenvalue weighted by atomic mass is 9.97. The van der Waals surface area contributed by atoms with Gasteiger partial charge in [0.15, 0.2) is 0 Å². The van der Waals surface area contributed by atoms with Crippen molar-refractivity contribution in [3.63, 3.8) is 0 Å². The first kappa shape index (κ1) is 33.3. The molecule has 0 aliphatic carbocycles. The quantitative estimate of drug-likeness (QED) is 0.158. The summed E-state index contributed by atoms with van der Waals surface area (Å²) in [5.74, 6) is 0. The average Bonchev–Trinajstić information content (AvgIpc) is 3.68. The van der Waals surface area contributed by atoms with Crippen LogP contribution in [-0.4, -0.2) is 0 Å². The van der Waals surface area contributed by atoms with Crippen molar-refractivity contribution >= 4 is 110 Å². The van der Waals surface area contributed by atoms with E-state index in [4.69, 9.17) is 4.42 Å². The van der Waals surface area contributed by atoms with Gasteiger partial charge in [-0.15, -0.1) is 0 Å². The molecule has 0 spiro atoms. The minimum absolute atomic E-state index is 0.847. The lowest BCUT2D eigenvalue weighted by Gasteiger charge is -2.29. The summed E-state index contributed by atoms with van der Waals surface area (Å²) in [6, 6.07) is 78.6. The van der Waals surface area contributed by atoms with E-state index in [1.165, 1.54) is 43.1 Å². The highest BCUT2D eigenvalue weighted by atomic mass is 16.3. The monoisotopic (exact) mass is 752 g/mol. The number of anilines is 6. The van der Waals surface area contributed by atoms with E-state index in [2.05, 4.69) is 228 Å². The molecule has 0 amide bonds. The minimum atomic E-state index is 0.847. The number of hydrogen-bond donors (Lipinski definition) is 0. The molecule has 0 radical (unpaired) electrons. The average molecular weight is 753 g/mol. The van der Waals surface area contributed by atoms with Gasteiger partial charge < -0.3 is 14.2 Å². The summed E-state index contributed by atoms with van der Waals surface area (Å²) in [4.78, 5) is 4.81. The lowest BCUT2D eigenvalue weighted by Crippen LogP contribution is -2.11. The van der Waals surface area contributed by atoms with Crippen LogP contribution in [0, 0.1) is 0 Å². The molecule has 3 heteroatoms. The zero-order valence-electron chi connectivity index (χ0n) is 32.1. The van der Waals surface area contributed by atoms with Crippen molar-refractivity contribution in [1.82, 2.24) is 0 Å². The molecule has 11 aromatic carbocycles. The van der Waals surface area contributed by atoms with Gasteiger partial charge in [0.05, 0.1) is 17.1 Å². The van der Waals surface area contributed by atoms with Crippen LogP contribution in [0.15, 0.2) is 223 Å². The minimum Gasteiger partial charge on any atom is -0.456 e. The number of rotatable bonds is 6. The second-order valence-corrected chi connectivity index (χ2v) is 15.3. The van der Waals surface area contributed by atoms with Crippen molar-refractivity contribution in [2.75, 3.05) is 9.80 Å². The predicted octanol–water partition coefficient (Wildman–Crippen LogP) is 16.3. The maximum absolute atomic E-state index is 6.91. The van der Waals surface area contributed by atoms with E-state index in [0.29, 0.717) is 0 Å². The number of nitrogens with zero attached hydrogens (tertiary/aromatic N) is 2. The molecule has 1 aromatic heterocycles. The Morgan fingerprint density at radius 2 is 0.678 bits per heavy atom. The van der Waals surface area contributed by atoms with E-state index < -0.39 is 0 Å². The van der Waals surface area contributed by atoms with Gasteiger partial charge in [-0.2, -0.15) is 0 Å². The third-order valence-electron chi connectivity index (χ3n) is 11.9. The molecular formula is C56H36N2O. The fourth-order valence-electron chi connectivity index (χ4n) is 9.36. The Balaban J connectivity index is 1.12. The first-order valence-corrected chi connectivity index (χ1v) is 20.2. The van der Waals surface area contributed by atoms with E-state index in [1.54, 1.807) is 0 Å². The van der Waals surface area contributed by atoms with Gasteiger partial charge in [-0.25, -0.2) is 0 Å². The smallest absolute Gasteiger partial charge is 0.138 e. The van der Waals surface area contributed by atoms with Gasteiger partial charge in [0.25, 0.3) is 0 Å². The van der Waals surface area contributed by atoms with Crippen molar-refractivity contribution in [1.29, 1.82) is 0 Å². The van der Waals surface area contributed by atoms with Crippen LogP contribution in [0.3, 0.4) is 0 Å². The van der Waals surface area contributed by atoms with Gasteiger partial charge in [-0.1, -0.05) is 158 Å². The molecule has 0 saturated heterocycles. The van der Waals surface area contributed by atoms with Crippen LogP contribution in [0.4, 0.5) is 34.1 Å². The van der Waals surface area contributed by atoms with Gasteiger partial charge in [-0.05, 0) is 92.3 Å². The molecule has 0 fully saturated rings. The van der Waals surface area contributed by atoms with Gasteiger partial charge >= 0.3 is 0 Å². The molecule has 3 nitrogen and oxygen atoms in total. The summed E-state index contributed by atoms with van der Waals surface area (Å²) in [6.07, 6.45) is 0. The van der Waals surface area contributed by atoms with Crippen molar-refractivity contribution in [3.8, 4) is 0 Å². The molecule has 0 saturated carbocycles. The highest BCUT2D eigenvalue weighted by Gasteiger charge is 2.24. The number of benzene rings is 11. The van der Waals surface area contributed by atoms with Crippen LogP contribution < -0.4 is 9.80 Å². The van der Waals surface area contributed by atoms with Crippen LogP contribution in [0.2, 0.25) is 0 Å². The molecule has 0 atom stereocenters. The van der Waals surface area contributed by atoms with Crippen molar-refractivity contribution in [3.05, 3.63) is 218 Å². The molecule has 0 aliphatic heterocycles. The van der Waals surface area contributed by atoms with E-state index >= 15 is 0 Å². The summed E-state index contributed by atoms with van der Waals surface area (Å²) in [6.45, 7) is 0. The second-order valence-electron chi connectivity index (χ2n) is 15.3. The SMILES string of the molecule is c1ccc(N(c2ccc3oc4cc(N(c5ccccc5)c5cc6ccccc6c6ccccc56)c5ccccc5c4c3c2)c2cc3ccccc3c3ccccc23)cc1. The fraction of sp³-hybridized carbons (Fsp3) is 0. The van der Waals surface area contributed by atoms with Crippen LogP contribution in [0.1, 0.15) is 0 Å². The first-order valence-electron chi connectivity index (χ1n) is 20.2. The van der Waals surface area contributed by atoms with Gasteiger partial charge in [0.2, 0.25) is 0 Å². The number of furan rings is 1. The summed E-state index contributed by atoms with van der Waals surface area (Å²) >= 11 is 0. The third-order valence-corrected chi connectivity index (χ3v) is 11.9. The predicted molar refractivity (Wildman–Crippen MR) is 251 cm³/mol. The molecule has 276 valence electrons. The molecule has 0 aliphatic rings. The van der Waals surface area contributed by atoms with Crippen LogP contribution >= 0.6 is 0 Å². The van der Waals surface area contributed by atoms with Gasteiger partial charge in [0.1, 0.15) is 11.2 Å². The second kappa shape index (κ2) is 13.4. The Hall–Kier alpha value is -7.88. The first-order chi connectivity index (χ1) is 29.3. The zero-order chi connectivity index (χ0) is 38.9. The molecule has 12 aromatic rings. The Morgan fingerprint density at radius 1 is 0.254 bits per heavy atom. The van der Waals surface area contributed by atoms with Gasteiger partial charge in [0, 0.05) is 50.1 Å². The summed E-state index contributed by atoms with van der Waals surface area (Å²) in [7, 11) is 0. The Bertz CT molecular complexity index is 3570. The van der Waals surface area contributed by atoms with E-state index in [9.17, 15) is 0 Å². The fourth-order valence-corrected chi connectivity index (χ4v) is 9.36. The Morgan fingerprint density at radius 3 is 1.25 bits per heavy atom. The van der Waals surface area contributed by atoms with Crippen molar-refractivity contribution in [2.45, 2.75) is 0 Å². The molecule has 0 bridgehead atoms. The highest BCUT2D eigenvalue weighted by molar-refractivity contribution is 6.24. The maximum Gasteiger partial charge on any atom is 0.138 e. The Kier molecular flexibility index (Phi) is 7.54. The zero-order valence-corrected chi connectivity index (χ0v) is 32.1. The summed E-state index contributed by atoms with van der Waals surface area (Å²) in [5.41, 5.74) is 8.25.